The van der Waals surface area contributed by atoms with Gasteiger partial charge in [0, 0.05) is 22.7 Å². The molecule has 0 spiro atoms. The summed E-state index contributed by atoms with van der Waals surface area (Å²) in [5.41, 5.74) is 2.99. The molecule has 0 saturated heterocycles. The zero-order valence-electron chi connectivity index (χ0n) is 10.6. The highest BCUT2D eigenvalue weighted by molar-refractivity contribution is 7.12. The molecular weight excluding hydrogens is 272 g/mol. The van der Waals surface area contributed by atoms with Gasteiger partial charge in [-0.2, -0.15) is 9.94 Å². The summed E-state index contributed by atoms with van der Waals surface area (Å²) in [7, 11) is 0. The van der Waals surface area contributed by atoms with Crippen LogP contribution in [-0.2, 0) is 0 Å². The lowest BCUT2D eigenvalue weighted by Gasteiger charge is -1.97. The fraction of sp³-hybridized carbons (Fsp3) is 0.0714. The number of aromatic nitrogens is 3. The average molecular weight is 282 g/mol. The van der Waals surface area contributed by atoms with Gasteiger partial charge in [-0.15, -0.1) is 11.3 Å². The van der Waals surface area contributed by atoms with E-state index in [1.807, 2.05) is 24.4 Å². The number of nitriles is 1. The third-order valence-electron chi connectivity index (χ3n) is 2.84. The van der Waals surface area contributed by atoms with E-state index in [2.05, 4.69) is 16.2 Å². The van der Waals surface area contributed by atoms with Crippen molar-refractivity contribution in [3.63, 3.8) is 0 Å². The first-order valence-corrected chi connectivity index (χ1v) is 6.80. The highest BCUT2D eigenvalue weighted by Gasteiger charge is 2.09. The van der Waals surface area contributed by atoms with Gasteiger partial charge in [0.1, 0.15) is 0 Å². The van der Waals surface area contributed by atoms with Crippen molar-refractivity contribution in [1.82, 2.24) is 14.8 Å². The van der Waals surface area contributed by atoms with Crippen LogP contribution in [0.5, 0.6) is 0 Å². The quantitative estimate of drug-likeness (QED) is 0.784. The van der Waals surface area contributed by atoms with Gasteiger partial charge in [0.15, 0.2) is 0 Å². The molecule has 3 rings (SSSR count). The van der Waals surface area contributed by atoms with Gasteiger partial charge < -0.3 is 0 Å². The van der Waals surface area contributed by atoms with Crippen molar-refractivity contribution in [3.05, 3.63) is 57.3 Å². The number of aromatic amines is 1. The molecule has 2 aromatic heterocycles. The number of H-pyrrole nitrogens is 1. The number of hydrogen-bond donors (Lipinski definition) is 1. The number of benzene rings is 1. The molecule has 20 heavy (non-hydrogen) atoms. The fourth-order valence-electron chi connectivity index (χ4n) is 1.87. The summed E-state index contributed by atoms with van der Waals surface area (Å²) < 4.78 is 1.42. The molecule has 6 heteroatoms. The summed E-state index contributed by atoms with van der Waals surface area (Å²) in [5.74, 6) is 0. The second kappa shape index (κ2) is 4.79. The maximum absolute atomic E-state index is 11.7. The molecule has 3 aromatic rings. The van der Waals surface area contributed by atoms with Crippen LogP contribution in [0.3, 0.4) is 0 Å². The average Bonchev–Trinajstić information content (AvgIpc) is 3.05. The largest absolute Gasteiger partial charge is 0.293 e. The molecule has 5 nitrogen and oxygen atoms in total. The molecule has 0 atom stereocenters. The van der Waals surface area contributed by atoms with Crippen LogP contribution in [0.25, 0.3) is 16.4 Å². The van der Waals surface area contributed by atoms with Gasteiger partial charge in [0.25, 0.3) is 5.56 Å². The fourth-order valence-corrected chi connectivity index (χ4v) is 2.67. The molecule has 98 valence electrons. The SMILES string of the molecule is Cc1cc(=O)n(-c2nc(-c3ccc(C#N)cc3)cs2)[nH]1. The van der Waals surface area contributed by atoms with E-state index in [0.29, 0.717) is 10.7 Å². The molecular formula is C14H10N4OS. The first kappa shape index (κ1) is 12.4. The maximum atomic E-state index is 11.7. The van der Waals surface area contributed by atoms with Crippen molar-refractivity contribution < 1.29 is 0 Å². The van der Waals surface area contributed by atoms with Gasteiger partial charge in [-0.25, -0.2) is 4.98 Å². The Morgan fingerprint density at radius 2 is 2.10 bits per heavy atom. The van der Waals surface area contributed by atoms with Crippen LogP contribution >= 0.6 is 11.3 Å². The third-order valence-corrected chi connectivity index (χ3v) is 3.67. The molecule has 0 aliphatic rings. The van der Waals surface area contributed by atoms with Gasteiger partial charge >= 0.3 is 0 Å². The lowest BCUT2D eigenvalue weighted by atomic mass is 10.1. The van der Waals surface area contributed by atoms with Crippen molar-refractivity contribution in [1.29, 1.82) is 5.26 Å². The lowest BCUT2D eigenvalue weighted by molar-refractivity contribution is 0.827. The lowest BCUT2D eigenvalue weighted by Crippen LogP contribution is -2.12. The highest BCUT2D eigenvalue weighted by atomic mass is 32.1. The monoisotopic (exact) mass is 282 g/mol. The van der Waals surface area contributed by atoms with E-state index < -0.39 is 0 Å². The van der Waals surface area contributed by atoms with E-state index in [-0.39, 0.29) is 5.56 Å². The molecule has 0 radical (unpaired) electrons. The Bertz CT molecular complexity index is 848. The topological polar surface area (TPSA) is 74.5 Å². The van der Waals surface area contributed by atoms with Crippen LogP contribution in [0.2, 0.25) is 0 Å². The van der Waals surface area contributed by atoms with Crippen LogP contribution in [0.15, 0.2) is 40.5 Å². The van der Waals surface area contributed by atoms with Gasteiger partial charge in [0.05, 0.1) is 17.3 Å². The summed E-state index contributed by atoms with van der Waals surface area (Å²) in [6.45, 7) is 1.83. The predicted octanol–water partition coefficient (Wildman–Crippen LogP) is 2.47. The Morgan fingerprint density at radius 1 is 1.35 bits per heavy atom. The first-order chi connectivity index (χ1) is 9.67. The third kappa shape index (κ3) is 2.15. The van der Waals surface area contributed by atoms with Crippen LogP contribution in [-0.4, -0.2) is 14.8 Å². The molecule has 0 unspecified atom stereocenters. The minimum Gasteiger partial charge on any atom is -0.293 e. The summed E-state index contributed by atoms with van der Waals surface area (Å²) in [5, 5.41) is 14.2. The second-order valence-electron chi connectivity index (χ2n) is 4.32. The number of thiazole rings is 1. The molecule has 0 amide bonds. The highest BCUT2D eigenvalue weighted by Crippen LogP contribution is 2.23. The van der Waals surface area contributed by atoms with Crippen LogP contribution < -0.4 is 5.56 Å². The summed E-state index contributed by atoms with van der Waals surface area (Å²) in [4.78, 5) is 16.2. The van der Waals surface area contributed by atoms with E-state index >= 15 is 0 Å². The van der Waals surface area contributed by atoms with E-state index in [1.54, 1.807) is 12.1 Å². The Labute approximate surface area is 118 Å². The Morgan fingerprint density at radius 3 is 2.70 bits per heavy atom. The standard InChI is InChI=1S/C14H10N4OS/c1-9-6-13(19)18(17-9)14-16-12(8-20-14)11-4-2-10(7-15)3-5-11/h2-6,8,17H,1H3. The molecule has 0 fully saturated rings. The number of aryl methyl sites for hydroxylation is 1. The smallest absolute Gasteiger partial charge is 0.273 e. The number of nitrogens with one attached hydrogen (secondary N) is 1. The maximum Gasteiger partial charge on any atom is 0.273 e. The van der Waals surface area contributed by atoms with Crippen molar-refractivity contribution in [2.24, 2.45) is 0 Å². The van der Waals surface area contributed by atoms with Gasteiger partial charge in [-0.3, -0.25) is 9.89 Å². The zero-order valence-corrected chi connectivity index (χ0v) is 11.4. The Balaban J connectivity index is 1.99. The zero-order chi connectivity index (χ0) is 14.1. The van der Waals surface area contributed by atoms with Crippen molar-refractivity contribution >= 4 is 11.3 Å². The van der Waals surface area contributed by atoms with E-state index in [1.165, 1.54) is 22.1 Å². The predicted molar refractivity (Wildman–Crippen MR) is 76.9 cm³/mol. The van der Waals surface area contributed by atoms with Crippen LogP contribution in [0.4, 0.5) is 0 Å². The van der Waals surface area contributed by atoms with Crippen LogP contribution in [0.1, 0.15) is 11.3 Å². The number of rotatable bonds is 2. The van der Waals surface area contributed by atoms with Gasteiger partial charge in [-0.1, -0.05) is 12.1 Å². The van der Waals surface area contributed by atoms with E-state index in [0.717, 1.165) is 17.0 Å². The molecule has 0 saturated carbocycles. The van der Waals surface area contributed by atoms with Crippen LogP contribution in [0, 0.1) is 18.3 Å². The minimum atomic E-state index is -0.122. The van der Waals surface area contributed by atoms with Crippen molar-refractivity contribution in [3.8, 4) is 22.5 Å². The summed E-state index contributed by atoms with van der Waals surface area (Å²) >= 11 is 1.39. The van der Waals surface area contributed by atoms with Gasteiger partial charge in [-0.05, 0) is 19.1 Å². The number of hydrogen-bond acceptors (Lipinski definition) is 4. The molecule has 2 heterocycles. The van der Waals surface area contributed by atoms with E-state index in [4.69, 9.17) is 5.26 Å². The first-order valence-electron chi connectivity index (χ1n) is 5.92. The Kier molecular flexibility index (Phi) is 2.97. The number of nitrogens with zero attached hydrogens (tertiary/aromatic N) is 3. The van der Waals surface area contributed by atoms with Crippen molar-refractivity contribution in [2.75, 3.05) is 0 Å². The summed E-state index contributed by atoms with van der Waals surface area (Å²) in [6.07, 6.45) is 0. The molecule has 0 aliphatic heterocycles. The second-order valence-corrected chi connectivity index (χ2v) is 5.15. The van der Waals surface area contributed by atoms with Crippen molar-refractivity contribution in [2.45, 2.75) is 6.92 Å². The Hall–Kier alpha value is -2.65. The van der Waals surface area contributed by atoms with Gasteiger partial charge in [0.2, 0.25) is 5.13 Å². The molecule has 1 aromatic carbocycles. The normalized spacial score (nSPS) is 10.4. The molecule has 0 aliphatic carbocycles. The summed E-state index contributed by atoms with van der Waals surface area (Å²) in [6, 6.07) is 10.8. The van der Waals surface area contributed by atoms with E-state index in [9.17, 15) is 4.79 Å². The minimum absolute atomic E-state index is 0.122. The molecule has 0 bridgehead atoms. The molecule has 1 N–H and O–H groups in total.